The SMILES string of the molecule is CCC1CCC(c2ccc(C#N)cc2)CO1. The molecule has 2 unspecified atom stereocenters. The van der Waals surface area contributed by atoms with Crippen molar-refractivity contribution in [1.82, 2.24) is 0 Å². The number of rotatable bonds is 2. The molecule has 0 saturated carbocycles. The monoisotopic (exact) mass is 215 g/mol. The molecule has 1 aromatic carbocycles. The normalized spacial score (nSPS) is 25.0. The molecule has 2 nitrogen and oxygen atoms in total. The summed E-state index contributed by atoms with van der Waals surface area (Å²) >= 11 is 0. The summed E-state index contributed by atoms with van der Waals surface area (Å²) in [5.41, 5.74) is 2.03. The van der Waals surface area contributed by atoms with E-state index in [2.05, 4.69) is 25.1 Å². The second-order valence-corrected chi connectivity index (χ2v) is 4.37. The first-order chi connectivity index (χ1) is 7.83. The molecule has 0 N–H and O–H groups in total. The van der Waals surface area contributed by atoms with Crippen LogP contribution in [0.25, 0.3) is 0 Å². The molecule has 0 aromatic heterocycles. The third-order valence-corrected chi connectivity index (χ3v) is 3.34. The van der Waals surface area contributed by atoms with E-state index in [1.54, 1.807) is 0 Å². The Kier molecular flexibility index (Phi) is 3.58. The molecule has 1 aliphatic heterocycles. The number of nitriles is 1. The number of hydrogen-bond acceptors (Lipinski definition) is 2. The Bertz CT molecular complexity index is 369. The van der Waals surface area contributed by atoms with Crippen LogP contribution >= 0.6 is 0 Å². The lowest BCUT2D eigenvalue weighted by atomic mass is 9.90. The summed E-state index contributed by atoms with van der Waals surface area (Å²) in [6.07, 6.45) is 3.92. The Balaban J connectivity index is 2.00. The Morgan fingerprint density at radius 3 is 2.56 bits per heavy atom. The van der Waals surface area contributed by atoms with Crippen molar-refractivity contribution in [3.63, 3.8) is 0 Å². The molecule has 0 aliphatic carbocycles. The van der Waals surface area contributed by atoms with E-state index in [0.29, 0.717) is 12.0 Å². The highest BCUT2D eigenvalue weighted by Crippen LogP contribution is 2.29. The van der Waals surface area contributed by atoms with Gasteiger partial charge in [0.15, 0.2) is 0 Å². The molecule has 0 radical (unpaired) electrons. The number of hydrogen-bond donors (Lipinski definition) is 0. The van der Waals surface area contributed by atoms with Gasteiger partial charge in [0.2, 0.25) is 0 Å². The van der Waals surface area contributed by atoms with Crippen molar-refractivity contribution >= 4 is 0 Å². The van der Waals surface area contributed by atoms with Gasteiger partial charge < -0.3 is 4.74 Å². The van der Waals surface area contributed by atoms with Crippen LogP contribution < -0.4 is 0 Å². The summed E-state index contributed by atoms with van der Waals surface area (Å²) in [4.78, 5) is 0. The summed E-state index contributed by atoms with van der Waals surface area (Å²) in [5.74, 6) is 0.510. The van der Waals surface area contributed by atoms with Gasteiger partial charge >= 0.3 is 0 Å². The fourth-order valence-corrected chi connectivity index (χ4v) is 2.22. The standard InChI is InChI=1S/C14H17NO/c1-2-14-8-7-13(10-16-14)12-5-3-11(9-15)4-6-12/h3-6,13-14H,2,7-8,10H2,1H3. The van der Waals surface area contributed by atoms with Crippen LogP contribution in [0.5, 0.6) is 0 Å². The van der Waals surface area contributed by atoms with E-state index in [-0.39, 0.29) is 0 Å². The zero-order valence-corrected chi connectivity index (χ0v) is 9.65. The maximum atomic E-state index is 8.73. The summed E-state index contributed by atoms with van der Waals surface area (Å²) in [6, 6.07) is 10.0. The predicted octanol–water partition coefficient (Wildman–Crippen LogP) is 3.23. The van der Waals surface area contributed by atoms with Crippen LogP contribution in [0, 0.1) is 11.3 Å². The molecule has 0 amide bonds. The van der Waals surface area contributed by atoms with E-state index in [4.69, 9.17) is 10.00 Å². The molecule has 0 bridgehead atoms. The second kappa shape index (κ2) is 5.14. The first kappa shape index (κ1) is 11.2. The van der Waals surface area contributed by atoms with Crippen LogP contribution in [-0.4, -0.2) is 12.7 Å². The highest BCUT2D eigenvalue weighted by molar-refractivity contribution is 5.33. The highest BCUT2D eigenvalue weighted by atomic mass is 16.5. The van der Waals surface area contributed by atoms with Gasteiger partial charge in [-0.3, -0.25) is 0 Å². The third-order valence-electron chi connectivity index (χ3n) is 3.34. The first-order valence-corrected chi connectivity index (χ1v) is 5.95. The number of nitrogens with zero attached hydrogens (tertiary/aromatic N) is 1. The van der Waals surface area contributed by atoms with Gasteiger partial charge in [0, 0.05) is 5.92 Å². The maximum absolute atomic E-state index is 8.73. The van der Waals surface area contributed by atoms with Crippen molar-refractivity contribution in [2.75, 3.05) is 6.61 Å². The number of ether oxygens (including phenoxy) is 1. The van der Waals surface area contributed by atoms with E-state index < -0.39 is 0 Å². The Labute approximate surface area is 96.9 Å². The van der Waals surface area contributed by atoms with E-state index in [0.717, 1.165) is 25.0 Å². The summed E-state index contributed by atoms with van der Waals surface area (Å²) < 4.78 is 5.79. The van der Waals surface area contributed by atoms with Gasteiger partial charge in [-0.05, 0) is 37.0 Å². The van der Waals surface area contributed by atoms with Crippen molar-refractivity contribution in [2.45, 2.75) is 38.2 Å². The fraction of sp³-hybridized carbons (Fsp3) is 0.500. The van der Waals surface area contributed by atoms with Crippen molar-refractivity contribution in [1.29, 1.82) is 5.26 Å². The van der Waals surface area contributed by atoms with Crippen molar-refractivity contribution in [3.8, 4) is 6.07 Å². The van der Waals surface area contributed by atoms with Crippen LogP contribution in [0.2, 0.25) is 0 Å². The van der Waals surface area contributed by atoms with E-state index >= 15 is 0 Å². The van der Waals surface area contributed by atoms with Gasteiger partial charge in [-0.25, -0.2) is 0 Å². The average molecular weight is 215 g/mol. The molecule has 1 aliphatic rings. The summed E-state index contributed by atoms with van der Waals surface area (Å²) in [5, 5.41) is 8.73. The third kappa shape index (κ3) is 2.43. The summed E-state index contributed by atoms with van der Waals surface area (Å²) in [7, 11) is 0. The van der Waals surface area contributed by atoms with E-state index in [1.807, 2.05) is 12.1 Å². The number of benzene rings is 1. The van der Waals surface area contributed by atoms with E-state index in [1.165, 1.54) is 12.0 Å². The minimum atomic E-state index is 0.453. The predicted molar refractivity (Wildman–Crippen MR) is 63.2 cm³/mol. The van der Waals surface area contributed by atoms with Crippen molar-refractivity contribution in [3.05, 3.63) is 35.4 Å². The fourth-order valence-electron chi connectivity index (χ4n) is 2.22. The van der Waals surface area contributed by atoms with Crippen LogP contribution in [0.15, 0.2) is 24.3 Å². The minimum absolute atomic E-state index is 0.453. The zero-order chi connectivity index (χ0) is 11.4. The molecule has 16 heavy (non-hydrogen) atoms. The second-order valence-electron chi connectivity index (χ2n) is 4.37. The molecule has 2 heteroatoms. The molecule has 84 valence electrons. The molecule has 1 saturated heterocycles. The van der Waals surface area contributed by atoms with Gasteiger partial charge in [-0.2, -0.15) is 5.26 Å². The molecule has 1 aromatic rings. The largest absolute Gasteiger partial charge is 0.378 e. The van der Waals surface area contributed by atoms with Crippen LogP contribution in [0.1, 0.15) is 43.2 Å². The molecule has 2 atom stereocenters. The van der Waals surface area contributed by atoms with Gasteiger partial charge in [-0.1, -0.05) is 19.1 Å². The summed E-state index contributed by atoms with van der Waals surface area (Å²) in [6.45, 7) is 3.00. The molecule has 2 rings (SSSR count). The van der Waals surface area contributed by atoms with Crippen LogP contribution in [-0.2, 0) is 4.74 Å². The van der Waals surface area contributed by atoms with Gasteiger partial charge in [0.25, 0.3) is 0 Å². The van der Waals surface area contributed by atoms with Crippen LogP contribution in [0.4, 0.5) is 0 Å². The lowest BCUT2D eigenvalue weighted by Gasteiger charge is -2.28. The Hall–Kier alpha value is -1.33. The van der Waals surface area contributed by atoms with Gasteiger partial charge in [0.05, 0.1) is 24.3 Å². The maximum Gasteiger partial charge on any atom is 0.0991 e. The molecule has 0 spiro atoms. The molecular weight excluding hydrogens is 198 g/mol. The lowest BCUT2D eigenvalue weighted by Crippen LogP contribution is -2.24. The van der Waals surface area contributed by atoms with Gasteiger partial charge in [0.1, 0.15) is 0 Å². The molecular formula is C14H17NO. The Morgan fingerprint density at radius 2 is 2.06 bits per heavy atom. The average Bonchev–Trinajstić information content (AvgIpc) is 2.39. The smallest absolute Gasteiger partial charge is 0.0991 e. The highest BCUT2D eigenvalue weighted by Gasteiger charge is 2.21. The van der Waals surface area contributed by atoms with Crippen LogP contribution in [0.3, 0.4) is 0 Å². The topological polar surface area (TPSA) is 33.0 Å². The quantitative estimate of drug-likeness (QED) is 0.758. The zero-order valence-electron chi connectivity index (χ0n) is 9.65. The molecule has 1 heterocycles. The molecule has 1 fully saturated rings. The van der Waals surface area contributed by atoms with E-state index in [9.17, 15) is 0 Å². The Morgan fingerprint density at radius 1 is 1.31 bits per heavy atom. The van der Waals surface area contributed by atoms with Gasteiger partial charge in [-0.15, -0.1) is 0 Å². The minimum Gasteiger partial charge on any atom is -0.378 e. The van der Waals surface area contributed by atoms with Crippen molar-refractivity contribution < 1.29 is 4.74 Å². The van der Waals surface area contributed by atoms with Crippen molar-refractivity contribution in [2.24, 2.45) is 0 Å². The first-order valence-electron chi connectivity index (χ1n) is 5.95. The lowest BCUT2D eigenvalue weighted by molar-refractivity contribution is 0.00203.